The number of hydrogen-bond donors (Lipinski definition) is 2. The third-order valence-electron chi connectivity index (χ3n) is 2.57. The van der Waals surface area contributed by atoms with E-state index in [1.807, 2.05) is 6.21 Å². The molecule has 0 aromatic heterocycles. The molecule has 0 aliphatic heterocycles. The van der Waals surface area contributed by atoms with Gasteiger partial charge in [-0.1, -0.05) is 33.6 Å². The third-order valence-corrected chi connectivity index (χ3v) is 2.66. The molecule has 1 atom stereocenters. The molecular weight excluding hydrogens is 194 g/mol. The molecule has 0 spiro atoms. The van der Waals surface area contributed by atoms with Gasteiger partial charge in [-0.2, -0.15) is 5.10 Å². The zero-order chi connectivity index (χ0) is 11.0. The van der Waals surface area contributed by atoms with Gasteiger partial charge in [0.05, 0.1) is 0 Å². The second kappa shape index (κ2) is 7.74. The monoisotopic (exact) mass is 215 g/mol. The lowest BCUT2D eigenvalue weighted by atomic mass is 9.87. The van der Waals surface area contributed by atoms with Gasteiger partial charge in [-0.15, -0.1) is 0 Å². The van der Waals surface area contributed by atoms with Gasteiger partial charge in [-0.25, -0.2) is 0 Å². The highest BCUT2D eigenvalue weighted by atomic mass is 32.1. The van der Waals surface area contributed by atoms with E-state index in [-0.39, 0.29) is 5.11 Å². The van der Waals surface area contributed by atoms with Crippen molar-refractivity contribution in [2.45, 2.75) is 40.0 Å². The molecule has 0 aromatic rings. The Labute approximate surface area is 92.1 Å². The van der Waals surface area contributed by atoms with Crippen LogP contribution in [0.4, 0.5) is 0 Å². The van der Waals surface area contributed by atoms with Crippen molar-refractivity contribution >= 4 is 23.5 Å². The average Bonchev–Trinajstić information content (AvgIpc) is 2.16. The van der Waals surface area contributed by atoms with Gasteiger partial charge in [-0.05, 0) is 30.5 Å². The summed E-state index contributed by atoms with van der Waals surface area (Å²) in [6.07, 6.45) is 5.41. The number of rotatable bonds is 6. The summed E-state index contributed by atoms with van der Waals surface area (Å²) in [5.74, 6) is 1.23. The maximum atomic E-state index is 5.27. The Morgan fingerprint density at radius 2 is 1.93 bits per heavy atom. The molecule has 4 heteroatoms. The summed E-state index contributed by atoms with van der Waals surface area (Å²) in [4.78, 5) is 0. The van der Waals surface area contributed by atoms with Crippen LogP contribution in [0.25, 0.3) is 0 Å². The molecular formula is C10H21N3S. The van der Waals surface area contributed by atoms with Crippen molar-refractivity contribution in [3.63, 3.8) is 0 Å². The molecule has 0 aromatic carbocycles. The second-order valence-electron chi connectivity index (χ2n) is 3.40. The molecule has 0 saturated carbocycles. The van der Waals surface area contributed by atoms with Crippen LogP contribution in [0.2, 0.25) is 0 Å². The summed E-state index contributed by atoms with van der Waals surface area (Å²) in [5, 5.41) is 4.24. The lowest BCUT2D eigenvalue weighted by Gasteiger charge is -2.19. The normalized spacial score (nSPS) is 13.4. The van der Waals surface area contributed by atoms with Gasteiger partial charge in [0, 0.05) is 6.21 Å². The van der Waals surface area contributed by atoms with E-state index in [2.05, 4.69) is 43.5 Å². The summed E-state index contributed by atoms with van der Waals surface area (Å²) in [6.45, 7) is 6.60. The number of nitrogens with two attached hydrogens (primary N) is 1. The van der Waals surface area contributed by atoms with Gasteiger partial charge < -0.3 is 5.73 Å². The van der Waals surface area contributed by atoms with Crippen LogP contribution in [0, 0.1) is 11.8 Å². The van der Waals surface area contributed by atoms with E-state index in [0.717, 1.165) is 6.42 Å². The van der Waals surface area contributed by atoms with E-state index in [9.17, 15) is 0 Å². The summed E-state index contributed by atoms with van der Waals surface area (Å²) in [6, 6.07) is 0. The molecule has 3 nitrogen and oxygen atoms in total. The fourth-order valence-electron chi connectivity index (χ4n) is 1.65. The van der Waals surface area contributed by atoms with Gasteiger partial charge in [0.25, 0.3) is 0 Å². The van der Waals surface area contributed by atoms with E-state index < -0.39 is 0 Å². The van der Waals surface area contributed by atoms with Crippen LogP contribution >= 0.6 is 12.2 Å². The molecule has 82 valence electrons. The number of hydrazone groups is 1. The highest BCUT2D eigenvalue weighted by Crippen LogP contribution is 2.20. The van der Waals surface area contributed by atoms with Gasteiger partial charge >= 0.3 is 0 Å². The minimum atomic E-state index is 0.223. The van der Waals surface area contributed by atoms with Gasteiger partial charge in [0.1, 0.15) is 0 Å². The predicted octanol–water partition coefficient (Wildman–Crippen LogP) is 2.27. The molecule has 0 amide bonds. The Hall–Kier alpha value is -0.640. The van der Waals surface area contributed by atoms with Crippen LogP contribution in [0.15, 0.2) is 5.10 Å². The summed E-state index contributed by atoms with van der Waals surface area (Å²) < 4.78 is 0. The van der Waals surface area contributed by atoms with E-state index in [1.165, 1.54) is 12.8 Å². The van der Waals surface area contributed by atoms with Gasteiger partial charge in [-0.3, -0.25) is 5.43 Å². The quantitative estimate of drug-likeness (QED) is 0.406. The van der Waals surface area contributed by atoms with Crippen molar-refractivity contribution in [2.75, 3.05) is 0 Å². The number of hydrogen-bond acceptors (Lipinski definition) is 2. The van der Waals surface area contributed by atoms with Crippen molar-refractivity contribution in [3.05, 3.63) is 0 Å². The molecule has 0 aliphatic carbocycles. The lowest BCUT2D eigenvalue weighted by molar-refractivity contribution is 0.387. The van der Waals surface area contributed by atoms with Crippen LogP contribution in [-0.2, 0) is 0 Å². The second-order valence-corrected chi connectivity index (χ2v) is 3.84. The number of thiocarbonyl (C=S) groups is 1. The predicted molar refractivity (Wildman–Crippen MR) is 66.3 cm³/mol. The van der Waals surface area contributed by atoms with Crippen molar-refractivity contribution in [1.29, 1.82) is 0 Å². The van der Waals surface area contributed by atoms with E-state index in [1.54, 1.807) is 0 Å². The van der Waals surface area contributed by atoms with Crippen LogP contribution < -0.4 is 11.2 Å². The minimum absolute atomic E-state index is 0.223. The standard InChI is InChI=1S/C10H21N3S/c1-4-8(5-2)9(6-3)7-12-13-10(11)14/h7-9H,4-6H2,1-3H3,(H3,11,13,14). The molecule has 0 fully saturated rings. The van der Waals surface area contributed by atoms with Gasteiger partial charge in [0.2, 0.25) is 0 Å². The van der Waals surface area contributed by atoms with Crippen molar-refractivity contribution < 1.29 is 0 Å². The van der Waals surface area contributed by atoms with E-state index >= 15 is 0 Å². The molecule has 1 unspecified atom stereocenters. The van der Waals surface area contributed by atoms with Crippen LogP contribution in [0.3, 0.4) is 0 Å². The highest BCUT2D eigenvalue weighted by molar-refractivity contribution is 7.80. The first kappa shape index (κ1) is 13.4. The zero-order valence-corrected chi connectivity index (χ0v) is 10.1. The molecule has 0 saturated heterocycles. The first-order valence-corrected chi connectivity index (χ1v) is 5.65. The maximum absolute atomic E-state index is 5.27. The fourth-order valence-corrected chi connectivity index (χ4v) is 1.70. The number of nitrogens with zero attached hydrogens (tertiary/aromatic N) is 1. The van der Waals surface area contributed by atoms with Crippen LogP contribution in [-0.4, -0.2) is 11.3 Å². The van der Waals surface area contributed by atoms with E-state index in [4.69, 9.17) is 5.73 Å². The molecule has 0 bridgehead atoms. The zero-order valence-electron chi connectivity index (χ0n) is 9.29. The fraction of sp³-hybridized carbons (Fsp3) is 0.800. The summed E-state index contributed by atoms with van der Waals surface area (Å²) in [7, 11) is 0. The molecule has 0 radical (unpaired) electrons. The Bertz CT molecular complexity index is 188. The third kappa shape index (κ3) is 5.17. The number of nitrogens with one attached hydrogen (secondary N) is 1. The Morgan fingerprint density at radius 3 is 2.29 bits per heavy atom. The molecule has 3 N–H and O–H groups in total. The highest BCUT2D eigenvalue weighted by Gasteiger charge is 2.13. The Kier molecular flexibility index (Phi) is 7.38. The summed E-state index contributed by atoms with van der Waals surface area (Å²) >= 11 is 4.66. The Morgan fingerprint density at radius 1 is 1.36 bits per heavy atom. The van der Waals surface area contributed by atoms with Crippen molar-refractivity contribution in [2.24, 2.45) is 22.7 Å². The Balaban J connectivity index is 4.12. The first-order chi connectivity index (χ1) is 6.65. The SMILES string of the molecule is CCC(C=NNC(N)=S)C(CC)CC. The molecule has 0 aliphatic rings. The van der Waals surface area contributed by atoms with Gasteiger partial charge in [0.15, 0.2) is 5.11 Å². The topological polar surface area (TPSA) is 50.4 Å². The summed E-state index contributed by atoms with van der Waals surface area (Å²) in [5.41, 5.74) is 7.86. The largest absolute Gasteiger partial charge is 0.375 e. The van der Waals surface area contributed by atoms with Crippen LogP contribution in [0.5, 0.6) is 0 Å². The average molecular weight is 215 g/mol. The van der Waals surface area contributed by atoms with E-state index in [0.29, 0.717) is 11.8 Å². The van der Waals surface area contributed by atoms with Crippen molar-refractivity contribution in [1.82, 2.24) is 5.43 Å². The van der Waals surface area contributed by atoms with Crippen LogP contribution in [0.1, 0.15) is 40.0 Å². The molecule has 0 rings (SSSR count). The first-order valence-electron chi connectivity index (χ1n) is 5.24. The molecule has 0 heterocycles. The smallest absolute Gasteiger partial charge is 0.184 e. The van der Waals surface area contributed by atoms with Crippen molar-refractivity contribution in [3.8, 4) is 0 Å². The maximum Gasteiger partial charge on any atom is 0.184 e. The minimum Gasteiger partial charge on any atom is -0.375 e. The lowest BCUT2D eigenvalue weighted by Crippen LogP contribution is -2.25. The molecule has 14 heavy (non-hydrogen) atoms.